The van der Waals surface area contributed by atoms with Gasteiger partial charge in [0, 0.05) is 12.4 Å². The highest BCUT2D eigenvalue weighted by Crippen LogP contribution is 2.13. The Balaban J connectivity index is 2.67. The molecule has 0 aliphatic carbocycles. The van der Waals surface area contributed by atoms with Gasteiger partial charge in [-0.15, -0.1) is 0 Å². The predicted molar refractivity (Wildman–Crippen MR) is 46.8 cm³/mol. The van der Waals surface area contributed by atoms with Crippen molar-refractivity contribution in [2.75, 3.05) is 0 Å². The lowest BCUT2D eigenvalue weighted by Crippen LogP contribution is -2.03. The van der Waals surface area contributed by atoms with Crippen LogP contribution in [0.4, 0.5) is 0 Å². The second-order valence-corrected chi connectivity index (χ2v) is 3.09. The molecular formula is C7H4N4OS. The van der Waals surface area contributed by atoms with E-state index in [0.29, 0.717) is 5.00 Å². The van der Waals surface area contributed by atoms with Crippen LogP contribution >= 0.6 is 11.5 Å². The van der Waals surface area contributed by atoms with Gasteiger partial charge >= 0.3 is 0 Å². The van der Waals surface area contributed by atoms with Gasteiger partial charge in [0.1, 0.15) is 11.1 Å². The summed E-state index contributed by atoms with van der Waals surface area (Å²) >= 11 is 1.12. The number of H-pyrrole nitrogens is 1. The fraction of sp³-hybridized carbons (Fsp3) is 0. The molecule has 2 aromatic rings. The van der Waals surface area contributed by atoms with Crippen LogP contribution in [-0.4, -0.2) is 13.9 Å². The molecule has 13 heavy (non-hydrogen) atoms. The number of hydrogen-bond donors (Lipinski definition) is 1. The number of nitrogens with zero attached hydrogens (tertiary/aromatic N) is 3. The van der Waals surface area contributed by atoms with E-state index in [4.69, 9.17) is 5.26 Å². The largest absolute Gasteiger partial charge is 0.295 e. The van der Waals surface area contributed by atoms with Crippen LogP contribution in [0.5, 0.6) is 0 Å². The average molecular weight is 192 g/mol. The first-order valence-electron chi connectivity index (χ1n) is 3.43. The number of aromatic nitrogens is 3. The van der Waals surface area contributed by atoms with Crippen LogP contribution in [0.25, 0.3) is 5.00 Å². The van der Waals surface area contributed by atoms with E-state index in [2.05, 4.69) is 9.36 Å². The Labute approximate surface area is 77.0 Å². The molecule has 2 rings (SSSR count). The van der Waals surface area contributed by atoms with Gasteiger partial charge in [-0.25, -0.2) is 4.98 Å². The third kappa shape index (κ3) is 1.15. The van der Waals surface area contributed by atoms with Gasteiger partial charge in [-0.3, -0.25) is 13.7 Å². The average Bonchev–Trinajstić information content (AvgIpc) is 2.71. The van der Waals surface area contributed by atoms with E-state index >= 15 is 0 Å². The normalized spacial score (nSPS) is 9.77. The number of nitriles is 1. The predicted octanol–water partition coefficient (Wildman–Crippen LogP) is 0.494. The van der Waals surface area contributed by atoms with Crippen LogP contribution < -0.4 is 5.56 Å². The number of hydrogen-bond acceptors (Lipinski definition) is 4. The molecule has 64 valence electrons. The number of imidazole rings is 1. The van der Waals surface area contributed by atoms with Crippen LogP contribution in [-0.2, 0) is 0 Å². The van der Waals surface area contributed by atoms with Gasteiger partial charge in [-0.1, -0.05) is 0 Å². The van der Waals surface area contributed by atoms with Gasteiger partial charge in [0.2, 0.25) is 0 Å². The maximum atomic E-state index is 11.1. The Morgan fingerprint density at radius 3 is 3.15 bits per heavy atom. The number of rotatable bonds is 1. The van der Waals surface area contributed by atoms with E-state index in [1.807, 2.05) is 6.07 Å². The van der Waals surface area contributed by atoms with Gasteiger partial charge in [0.15, 0.2) is 5.56 Å². The highest BCUT2D eigenvalue weighted by atomic mass is 32.1. The third-order valence-corrected chi connectivity index (χ3v) is 2.43. The van der Waals surface area contributed by atoms with Crippen molar-refractivity contribution in [3.05, 3.63) is 34.6 Å². The molecule has 2 heterocycles. The highest BCUT2D eigenvalue weighted by molar-refractivity contribution is 7.08. The Morgan fingerprint density at radius 2 is 2.54 bits per heavy atom. The molecule has 0 aliphatic heterocycles. The first kappa shape index (κ1) is 7.76. The van der Waals surface area contributed by atoms with Gasteiger partial charge in [-0.05, 0) is 11.5 Å². The molecule has 0 aromatic carbocycles. The highest BCUT2D eigenvalue weighted by Gasteiger charge is 2.10. The van der Waals surface area contributed by atoms with E-state index in [0.717, 1.165) is 11.5 Å². The van der Waals surface area contributed by atoms with Crippen molar-refractivity contribution in [2.24, 2.45) is 0 Å². The molecule has 0 fully saturated rings. The van der Waals surface area contributed by atoms with Crippen molar-refractivity contribution < 1.29 is 0 Å². The molecule has 0 atom stereocenters. The first-order valence-corrected chi connectivity index (χ1v) is 4.24. The minimum atomic E-state index is -0.351. The summed E-state index contributed by atoms with van der Waals surface area (Å²) < 4.78 is 4.12. The molecule has 6 heteroatoms. The fourth-order valence-electron chi connectivity index (χ4n) is 0.954. The van der Waals surface area contributed by atoms with E-state index < -0.39 is 0 Å². The minimum absolute atomic E-state index is 0.128. The van der Waals surface area contributed by atoms with Gasteiger partial charge in [-0.2, -0.15) is 5.26 Å². The smallest absolute Gasteiger partial charge is 0.278 e. The van der Waals surface area contributed by atoms with Crippen LogP contribution in [0.1, 0.15) is 5.56 Å². The summed E-state index contributed by atoms with van der Waals surface area (Å²) in [7, 11) is 0. The lowest BCUT2D eigenvalue weighted by molar-refractivity contribution is 1.08. The summed E-state index contributed by atoms with van der Waals surface area (Å²) in [6, 6.07) is 1.85. The zero-order valence-corrected chi connectivity index (χ0v) is 7.21. The van der Waals surface area contributed by atoms with E-state index in [9.17, 15) is 4.79 Å². The monoisotopic (exact) mass is 192 g/mol. The molecule has 2 aromatic heterocycles. The maximum Gasteiger partial charge on any atom is 0.278 e. The van der Waals surface area contributed by atoms with Crippen molar-refractivity contribution >= 4 is 11.5 Å². The number of aromatic amines is 1. The summed E-state index contributed by atoms with van der Waals surface area (Å²) in [6.45, 7) is 0. The molecule has 0 amide bonds. The zero-order valence-electron chi connectivity index (χ0n) is 6.39. The van der Waals surface area contributed by atoms with E-state index in [1.165, 1.54) is 0 Å². The fourth-order valence-corrected chi connectivity index (χ4v) is 1.70. The summed E-state index contributed by atoms with van der Waals surface area (Å²) in [6.07, 6.45) is 4.81. The second kappa shape index (κ2) is 2.88. The summed E-state index contributed by atoms with van der Waals surface area (Å²) in [5.41, 5.74) is -0.223. The third-order valence-electron chi connectivity index (χ3n) is 1.53. The molecule has 0 saturated heterocycles. The molecule has 0 unspecified atom stereocenters. The molecule has 0 radical (unpaired) electrons. The molecule has 1 N–H and O–H groups in total. The van der Waals surface area contributed by atoms with Crippen molar-refractivity contribution in [3.63, 3.8) is 0 Å². The lowest BCUT2D eigenvalue weighted by Gasteiger charge is -1.93. The lowest BCUT2D eigenvalue weighted by atomic mass is 10.4. The Kier molecular flexibility index (Phi) is 1.72. The molecule has 0 spiro atoms. The summed E-state index contributed by atoms with van der Waals surface area (Å²) in [4.78, 5) is 14.9. The van der Waals surface area contributed by atoms with Gasteiger partial charge in [0.25, 0.3) is 5.56 Å². The molecule has 0 aliphatic rings. The zero-order chi connectivity index (χ0) is 9.26. The van der Waals surface area contributed by atoms with Gasteiger partial charge < -0.3 is 0 Å². The van der Waals surface area contributed by atoms with E-state index in [1.54, 1.807) is 23.3 Å². The van der Waals surface area contributed by atoms with Crippen LogP contribution in [0.3, 0.4) is 0 Å². The summed E-state index contributed by atoms with van der Waals surface area (Å²) in [5.74, 6) is 0. The maximum absolute atomic E-state index is 11.1. The Morgan fingerprint density at radius 1 is 1.69 bits per heavy atom. The SMILES string of the molecule is N#Cc1c(-n2ccnc2)s[nH]c1=O. The molecule has 5 nitrogen and oxygen atoms in total. The molecular weight excluding hydrogens is 188 g/mol. The van der Waals surface area contributed by atoms with Crippen molar-refractivity contribution in [2.45, 2.75) is 0 Å². The Hall–Kier alpha value is -1.87. The van der Waals surface area contributed by atoms with Crippen LogP contribution in [0.15, 0.2) is 23.5 Å². The van der Waals surface area contributed by atoms with Crippen LogP contribution in [0, 0.1) is 11.3 Å². The standard InChI is InChI=1S/C7H4N4OS/c8-3-5-6(12)10-13-7(5)11-2-1-9-4-11/h1-2,4H,(H,10,12). The van der Waals surface area contributed by atoms with Crippen molar-refractivity contribution in [3.8, 4) is 11.1 Å². The summed E-state index contributed by atoms with van der Waals surface area (Å²) in [5, 5.41) is 9.26. The minimum Gasteiger partial charge on any atom is -0.295 e. The van der Waals surface area contributed by atoms with Gasteiger partial charge in [0.05, 0.1) is 6.33 Å². The van der Waals surface area contributed by atoms with E-state index in [-0.39, 0.29) is 11.1 Å². The topological polar surface area (TPSA) is 74.5 Å². The molecule has 0 saturated carbocycles. The van der Waals surface area contributed by atoms with Crippen LogP contribution in [0.2, 0.25) is 0 Å². The van der Waals surface area contributed by atoms with Crippen molar-refractivity contribution in [1.29, 1.82) is 5.26 Å². The Bertz CT molecular complexity index is 501. The van der Waals surface area contributed by atoms with Crippen molar-refractivity contribution in [1.82, 2.24) is 13.9 Å². The quantitative estimate of drug-likeness (QED) is 0.714. The number of nitrogens with one attached hydrogen (secondary N) is 1. The second-order valence-electron chi connectivity index (χ2n) is 2.30. The molecule has 0 bridgehead atoms. The first-order chi connectivity index (χ1) is 6.33.